The van der Waals surface area contributed by atoms with Crippen molar-refractivity contribution in [1.82, 2.24) is 10.6 Å². The van der Waals surface area contributed by atoms with Crippen molar-refractivity contribution in [3.63, 3.8) is 0 Å². The van der Waals surface area contributed by atoms with E-state index in [0.29, 0.717) is 26.0 Å². The predicted octanol–water partition coefficient (Wildman–Crippen LogP) is 3.30. The van der Waals surface area contributed by atoms with E-state index in [1.165, 1.54) is 0 Å². The Balaban J connectivity index is 1.29. The standard InChI is InChI=1S/C26H30N2O6/c1-16(10-11-23(29)30)14-27-25(31)24-22(12-13-33-24)28-26(32)34-15-21-19-8-4-2-6-17(19)18-7-3-5-9-20(18)21/h2-9,16,21-22,24H,10-15H2,1H3,(H,27,31)(H,28,32)(H,29,30)/t16?,22-,24+/m0/s1. The van der Waals surface area contributed by atoms with Crippen LogP contribution in [0, 0.1) is 5.92 Å². The number of amides is 2. The Morgan fingerprint density at radius 2 is 1.74 bits per heavy atom. The number of rotatable bonds is 9. The highest BCUT2D eigenvalue weighted by Crippen LogP contribution is 2.44. The number of ether oxygens (including phenoxy) is 2. The summed E-state index contributed by atoms with van der Waals surface area (Å²) in [7, 11) is 0. The zero-order valence-electron chi connectivity index (χ0n) is 19.2. The van der Waals surface area contributed by atoms with Crippen molar-refractivity contribution in [1.29, 1.82) is 0 Å². The molecule has 180 valence electrons. The first-order chi connectivity index (χ1) is 16.4. The first-order valence-corrected chi connectivity index (χ1v) is 11.7. The lowest BCUT2D eigenvalue weighted by atomic mass is 9.98. The van der Waals surface area contributed by atoms with Crippen LogP contribution in [0.4, 0.5) is 4.79 Å². The van der Waals surface area contributed by atoms with E-state index in [1.807, 2.05) is 31.2 Å². The van der Waals surface area contributed by atoms with E-state index < -0.39 is 24.2 Å². The summed E-state index contributed by atoms with van der Waals surface area (Å²) in [5, 5.41) is 14.4. The summed E-state index contributed by atoms with van der Waals surface area (Å²) in [5.74, 6) is -1.19. The molecule has 0 saturated carbocycles. The number of hydrogen-bond acceptors (Lipinski definition) is 5. The number of carbonyl (C=O) groups excluding carboxylic acids is 2. The number of carboxylic acid groups (broad SMARTS) is 1. The topological polar surface area (TPSA) is 114 Å². The minimum atomic E-state index is -0.857. The molecule has 1 saturated heterocycles. The largest absolute Gasteiger partial charge is 0.481 e. The molecule has 8 heteroatoms. The third-order valence-corrected chi connectivity index (χ3v) is 6.47. The average Bonchev–Trinajstić information content (AvgIpc) is 3.42. The molecule has 1 heterocycles. The molecular formula is C26H30N2O6. The number of alkyl carbamates (subject to hydrolysis) is 1. The van der Waals surface area contributed by atoms with Gasteiger partial charge in [-0.15, -0.1) is 0 Å². The summed E-state index contributed by atoms with van der Waals surface area (Å²) < 4.78 is 11.1. The molecule has 3 atom stereocenters. The van der Waals surface area contributed by atoms with Gasteiger partial charge in [-0.2, -0.15) is 0 Å². The van der Waals surface area contributed by atoms with Crippen molar-refractivity contribution in [2.45, 2.75) is 44.2 Å². The van der Waals surface area contributed by atoms with Crippen molar-refractivity contribution < 1.29 is 29.0 Å². The normalized spacial score (nSPS) is 19.7. The zero-order valence-corrected chi connectivity index (χ0v) is 19.2. The molecule has 0 spiro atoms. The molecule has 0 bridgehead atoms. The Morgan fingerprint density at radius 3 is 2.38 bits per heavy atom. The first-order valence-electron chi connectivity index (χ1n) is 11.7. The van der Waals surface area contributed by atoms with Crippen LogP contribution >= 0.6 is 0 Å². The molecule has 1 fully saturated rings. The number of carboxylic acids is 1. The quantitative estimate of drug-likeness (QED) is 0.523. The fourth-order valence-corrected chi connectivity index (χ4v) is 4.63. The van der Waals surface area contributed by atoms with Crippen LogP contribution in [-0.4, -0.2) is 55.0 Å². The van der Waals surface area contributed by atoms with E-state index in [9.17, 15) is 14.4 Å². The lowest BCUT2D eigenvalue weighted by Crippen LogP contribution is -2.49. The molecule has 2 amide bonds. The molecule has 4 rings (SSSR count). The van der Waals surface area contributed by atoms with E-state index in [-0.39, 0.29) is 30.8 Å². The van der Waals surface area contributed by atoms with Gasteiger partial charge in [-0.25, -0.2) is 4.79 Å². The van der Waals surface area contributed by atoms with Gasteiger partial charge in [0.25, 0.3) is 5.91 Å². The van der Waals surface area contributed by atoms with Crippen LogP contribution in [0.2, 0.25) is 0 Å². The minimum absolute atomic E-state index is 0.0231. The Morgan fingerprint density at radius 1 is 1.09 bits per heavy atom. The van der Waals surface area contributed by atoms with Crippen LogP contribution in [0.5, 0.6) is 0 Å². The van der Waals surface area contributed by atoms with E-state index in [2.05, 4.69) is 34.9 Å². The van der Waals surface area contributed by atoms with Crippen LogP contribution in [0.25, 0.3) is 11.1 Å². The maximum absolute atomic E-state index is 12.6. The lowest BCUT2D eigenvalue weighted by Gasteiger charge is -2.21. The zero-order chi connectivity index (χ0) is 24.1. The smallest absolute Gasteiger partial charge is 0.407 e. The molecular weight excluding hydrogens is 436 g/mol. The van der Waals surface area contributed by atoms with Crippen molar-refractivity contribution >= 4 is 18.0 Å². The van der Waals surface area contributed by atoms with Crippen molar-refractivity contribution in [2.75, 3.05) is 19.8 Å². The molecule has 0 aromatic heterocycles. The lowest BCUT2D eigenvalue weighted by molar-refractivity contribution is -0.137. The van der Waals surface area contributed by atoms with E-state index >= 15 is 0 Å². The highest BCUT2D eigenvalue weighted by molar-refractivity contribution is 5.83. The Kier molecular flexibility index (Phi) is 7.47. The Bertz CT molecular complexity index is 1010. The average molecular weight is 467 g/mol. The molecule has 2 aromatic rings. The third-order valence-electron chi connectivity index (χ3n) is 6.47. The third kappa shape index (κ3) is 5.39. The maximum atomic E-state index is 12.6. The van der Waals surface area contributed by atoms with Gasteiger partial charge in [0.05, 0.1) is 6.04 Å². The summed E-state index contributed by atoms with van der Waals surface area (Å²) in [5.41, 5.74) is 4.58. The van der Waals surface area contributed by atoms with Crippen LogP contribution in [-0.2, 0) is 19.1 Å². The van der Waals surface area contributed by atoms with Gasteiger partial charge in [-0.05, 0) is 41.0 Å². The predicted molar refractivity (Wildman–Crippen MR) is 125 cm³/mol. The molecule has 0 radical (unpaired) electrons. The van der Waals surface area contributed by atoms with Crippen molar-refractivity contribution in [3.05, 3.63) is 59.7 Å². The molecule has 2 aromatic carbocycles. The summed E-state index contributed by atoms with van der Waals surface area (Å²) in [6.45, 7) is 2.79. The van der Waals surface area contributed by atoms with Gasteiger partial charge in [0.15, 0.2) is 6.10 Å². The summed E-state index contributed by atoms with van der Waals surface area (Å²) in [4.78, 5) is 35.9. The molecule has 2 aliphatic rings. The van der Waals surface area contributed by atoms with E-state index in [0.717, 1.165) is 22.3 Å². The fraction of sp³-hybridized carbons (Fsp3) is 0.423. The minimum Gasteiger partial charge on any atom is -0.481 e. The highest BCUT2D eigenvalue weighted by atomic mass is 16.6. The summed E-state index contributed by atoms with van der Waals surface area (Å²) >= 11 is 0. The molecule has 8 nitrogen and oxygen atoms in total. The molecule has 34 heavy (non-hydrogen) atoms. The number of carbonyl (C=O) groups is 3. The van der Waals surface area contributed by atoms with Crippen LogP contribution in [0.3, 0.4) is 0 Å². The monoisotopic (exact) mass is 466 g/mol. The number of aliphatic carboxylic acids is 1. The van der Waals surface area contributed by atoms with Gasteiger partial charge in [0.1, 0.15) is 6.61 Å². The molecule has 1 aliphatic carbocycles. The second-order valence-electron chi connectivity index (χ2n) is 8.94. The Hall–Kier alpha value is -3.39. The summed E-state index contributed by atoms with van der Waals surface area (Å²) in [6, 6.07) is 15.8. The number of fused-ring (bicyclic) bond motifs is 3. The number of hydrogen-bond donors (Lipinski definition) is 3. The van der Waals surface area contributed by atoms with Gasteiger partial charge in [0.2, 0.25) is 0 Å². The van der Waals surface area contributed by atoms with Crippen LogP contribution in [0.1, 0.15) is 43.2 Å². The van der Waals surface area contributed by atoms with Gasteiger partial charge >= 0.3 is 12.1 Å². The van der Waals surface area contributed by atoms with Gasteiger partial charge in [0, 0.05) is 25.5 Å². The second kappa shape index (κ2) is 10.7. The van der Waals surface area contributed by atoms with Crippen molar-refractivity contribution in [3.8, 4) is 11.1 Å². The van der Waals surface area contributed by atoms with Crippen LogP contribution < -0.4 is 10.6 Å². The van der Waals surface area contributed by atoms with Gasteiger partial charge < -0.3 is 25.2 Å². The van der Waals surface area contributed by atoms with Gasteiger partial charge in [-0.3, -0.25) is 9.59 Å². The van der Waals surface area contributed by atoms with E-state index in [4.69, 9.17) is 14.6 Å². The van der Waals surface area contributed by atoms with E-state index in [1.54, 1.807) is 0 Å². The Labute approximate surface area is 198 Å². The number of nitrogens with one attached hydrogen (secondary N) is 2. The van der Waals surface area contributed by atoms with Crippen molar-refractivity contribution in [2.24, 2.45) is 5.92 Å². The molecule has 1 aliphatic heterocycles. The second-order valence-corrected chi connectivity index (χ2v) is 8.94. The van der Waals surface area contributed by atoms with Crippen LogP contribution in [0.15, 0.2) is 48.5 Å². The SMILES string of the molecule is CC(CCC(=O)O)CNC(=O)[C@@H]1OCC[C@@H]1NC(=O)OCC1c2ccccc2-c2ccccc21. The van der Waals surface area contributed by atoms with Gasteiger partial charge in [-0.1, -0.05) is 55.5 Å². The summed E-state index contributed by atoms with van der Waals surface area (Å²) in [6.07, 6.45) is -0.334. The highest BCUT2D eigenvalue weighted by Gasteiger charge is 2.36. The fourth-order valence-electron chi connectivity index (χ4n) is 4.63. The maximum Gasteiger partial charge on any atom is 0.407 e. The molecule has 1 unspecified atom stereocenters. The number of benzene rings is 2. The first kappa shape index (κ1) is 23.8. The molecule has 3 N–H and O–H groups in total.